The summed E-state index contributed by atoms with van der Waals surface area (Å²) in [4.78, 5) is 13.2. The molecule has 0 unspecified atom stereocenters. The van der Waals surface area contributed by atoms with Gasteiger partial charge in [-0.25, -0.2) is 0 Å². The van der Waals surface area contributed by atoms with E-state index in [-0.39, 0.29) is 12.5 Å². The van der Waals surface area contributed by atoms with Crippen molar-refractivity contribution in [2.75, 3.05) is 20.7 Å². The van der Waals surface area contributed by atoms with E-state index < -0.39 is 5.60 Å². The van der Waals surface area contributed by atoms with Gasteiger partial charge in [0.25, 0.3) is 5.91 Å². The van der Waals surface area contributed by atoms with Crippen LogP contribution in [-0.4, -0.2) is 42.2 Å². The van der Waals surface area contributed by atoms with Crippen molar-refractivity contribution in [2.45, 2.75) is 32.3 Å². The van der Waals surface area contributed by atoms with E-state index >= 15 is 0 Å². The number of aliphatic hydroxyl groups is 1. The Labute approximate surface area is 115 Å². The van der Waals surface area contributed by atoms with E-state index in [0.29, 0.717) is 24.2 Å². The molecular formula is C15H23NO3. The molecule has 1 rings (SSSR count). The Morgan fingerprint density at radius 3 is 2.16 bits per heavy atom. The molecule has 1 N–H and O–H groups in total. The van der Waals surface area contributed by atoms with E-state index in [2.05, 4.69) is 0 Å². The number of carbonyl (C=O) groups excluding carboxylic acids is 1. The van der Waals surface area contributed by atoms with E-state index in [1.54, 1.807) is 38.4 Å². The molecule has 0 atom stereocenters. The highest BCUT2D eigenvalue weighted by Crippen LogP contribution is 2.19. The van der Waals surface area contributed by atoms with Gasteiger partial charge < -0.3 is 14.7 Å². The van der Waals surface area contributed by atoms with E-state index in [9.17, 15) is 9.90 Å². The van der Waals surface area contributed by atoms with Gasteiger partial charge in [-0.15, -0.1) is 0 Å². The van der Waals surface area contributed by atoms with Crippen molar-refractivity contribution in [2.24, 2.45) is 0 Å². The van der Waals surface area contributed by atoms with Crippen LogP contribution in [0.25, 0.3) is 0 Å². The van der Waals surface area contributed by atoms with Gasteiger partial charge in [-0.05, 0) is 37.1 Å². The highest BCUT2D eigenvalue weighted by atomic mass is 16.5. The smallest absolute Gasteiger partial charge is 0.253 e. The minimum atomic E-state index is -0.780. The number of hydrogen-bond acceptors (Lipinski definition) is 3. The Morgan fingerprint density at radius 2 is 1.74 bits per heavy atom. The van der Waals surface area contributed by atoms with Gasteiger partial charge in [-0.1, -0.05) is 13.8 Å². The summed E-state index contributed by atoms with van der Waals surface area (Å²) < 4.78 is 5.57. The second-order valence-electron chi connectivity index (χ2n) is 4.94. The standard InChI is InChI=1S/C15H23NO3/c1-5-15(18,6-2)11-19-13-9-7-12(8-10-13)14(17)16(3)4/h7-10,18H,5-6,11H2,1-4H3. The Morgan fingerprint density at radius 1 is 1.21 bits per heavy atom. The number of carbonyl (C=O) groups is 1. The predicted molar refractivity (Wildman–Crippen MR) is 75.5 cm³/mol. The predicted octanol–water partition coefficient (Wildman–Crippen LogP) is 2.32. The fourth-order valence-electron chi connectivity index (χ4n) is 1.62. The lowest BCUT2D eigenvalue weighted by Gasteiger charge is -2.25. The van der Waals surface area contributed by atoms with Crippen LogP contribution in [0.3, 0.4) is 0 Å². The first-order valence-corrected chi connectivity index (χ1v) is 6.58. The fraction of sp³-hybridized carbons (Fsp3) is 0.533. The SMILES string of the molecule is CCC(O)(CC)COc1ccc(C(=O)N(C)C)cc1. The lowest BCUT2D eigenvalue weighted by Crippen LogP contribution is -2.34. The van der Waals surface area contributed by atoms with Crippen molar-refractivity contribution >= 4 is 5.91 Å². The lowest BCUT2D eigenvalue weighted by atomic mass is 9.99. The van der Waals surface area contributed by atoms with Crippen molar-refractivity contribution in [1.82, 2.24) is 4.90 Å². The van der Waals surface area contributed by atoms with Gasteiger partial charge in [-0.3, -0.25) is 4.79 Å². The molecule has 0 fully saturated rings. The molecule has 4 nitrogen and oxygen atoms in total. The average Bonchev–Trinajstić information content (AvgIpc) is 2.44. The zero-order valence-corrected chi connectivity index (χ0v) is 12.1. The first kappa shape index (κ1) is 15.5. The summed E-state index contributed by atoms with van der Waals surface area (Å²) in [6.07, 6.45) is 1.31. The maximum atomic E-state index is 11.7. The van der Waals surface area contributed by atoms with Gasteiger partial charge >= 0.3 is 0 Å². The van der Waals surface area contributed by atoms with E-state index in [1.165, 1.54) is 4.90 Å². The van der Waals surface area contributed by atoms with Gasteiger partial charge in [0.1, 0.15) is 12.4 Å². The third kappa shape index (κ3) is 4.24. The Balaban J connectivity index is 2.65. The number of nitrogens with zero attached hydrogens (tertiary/aromatic N) is 1. The van der Waals surface area contributed by atoms with E-state index in [4.69, 9.17) is 4.74 Å². The molecule has 1 aromatic carbocycles. The largest absolute Gasteiger partial charge is 0.491 e. The summed E-state index contributed by atoms with van der Waals surface area (Å²) in [7, 11) is 3.44. The van der Waals surface area contributed by atoms with E-state index in [0.717, 1.165) is 0 Å². The molecule has 0 bridgehead atoms. The number of hydrogen-bond donors (Lipinski definition) is 1. The summed E-state index contributed by atoms with van der Waals surface area (Å²) in [5.41, 5.74) is -0.156. The molecule has 1 aromatic rings. The molecule has 0 aliphatic heterocycles. The Kier molecular flexibility index (Phi) is 5.36. The van der Waals surface area contributed by atoms with Gasteiger partial charge in [0, 0.05) is 19.7 Å². The van der Waals surface area contributed by atoms with Crippen molar-refractivity contribution < 1.29 is 14.6 Å². The molecule has 19 heavy (non-hydrogen) atoms. The molecule has 0 saturated heterocycles. The normalized spacial score (nSPS) is 11.2. The van der Waals surface area contributed by atoms with E-state index in [1.807, 2.05) is 13.8 Å². The molecule has 1 amide bonds. The first-order valence-electron chi connectivity index (χ1n) is 6.58. The topological polar surface area (TPSA) is 49.8 Å². The Bertz CT molecular complexity index is 408. The minimum absolute atomic E-state index is 0.0369. The number of benzene rings is 1. The van der Waals surface area contributed by atoms with Gasteiger partial charge in [0.2, 0.25) is 0 Å². The summed E-state index contributed by atoms with van der Waals surface area (Å²) in [6.45, 7) is 4.14. The molecule has 0 aromatic heterocycles. The third-order valence-corrected chi connectivity index (χ3v) is 3.33. The van der Waals surface area contributed by atoms with Gasteiger partial charge in [0.05, 0.1) is 5.60 Å². The molecule has 0 heterocycles. The second-order valence-corrected chi connectivity index (χ2v) is 4.94. The zero-order valence-electron chi connectivity index (χ0n) is 12.1. The average molecular weight is 265 g/mol. The number of rotatable bonds is 6. The van der Waals surface area contributed by atoms with Crippen LogP contribution in [0.2, 0.25) is 0 Å². The van der Waals surface area contributed by atoms with Crippen LogP contribution < -0.4 is 4.74 Å². The van der Waals surface area contributed by atoms with Crippen molar-refractivity contribution in [1.29, 1.82) is 0 Å². The zero-order chi connectivity index (χ0) is 14.5. The number of ether oxygens (including phenoxy) is 1. The molecular weight excluding hydrogens is 242 g/mol. The van der Waals surface area contributed by atoms with Crippen LogP contribution in [0.15, 0.2) is 24.3 Å². The first-order chi connectivity index (χ1) is 8.91. The second kappa shape index (κ2) is 6.57. The molecule has 106 valence electrons. The van der Waals surface area contributed by atoms with Crippen molar-refractivity contribution in [3.05, 3.63) is 29.8 Å². The maximum absolute atomic E-state index is 11.7. The summed E-state index contributed by atoms with van der Waals surface area (Å²) in [5.74, 6) is 0.626. The van der Waals surface area contributed by atoms with Crippen LogP contribution in [-0.2, 0) is 0 Å². The molecule has 0 saturated carbocycles. The molecule has 0 radical (unpaired) electrons. The van der Waals surface area contributed by atoms with Crippen LogP contribution in [0.1, 0.15) is 37.0 Å². The molecule has 4 heteroatoms. The van der Waals surface area contributed by atoms with Gasteiger partial charge in [-0.2, -0.15) is 0 Å². The highest BCUT2D eigenvalue weighted by molar-refractivity contribution is 5.93. The van der Waals surface area contributed by atoms with Crippen LogP contribution >= 0.6 is 0 Å². The Hall–Kier alpha value is -1.55. The minimum Gasteiger partial charge on any atom is -0.491 e. The summed E-state index contributed by atoms with van der Waals surface area (Å²) in [5, 5.41) is 10.1. The third-order valence-electron chi connectivity index (χ3n) is 3.33. The lowest BCUT2D eigenvalue weighted by molar-refractivity contribution is -0.0113. The van der Waals surface area contributed by atoms with Crippen molar-refractivity contribution in [3.8, 4) is 5.75 Å². The molecule has 0 aliphatic rings. The van der Waals surface area contributed by atoms with Gasteiger partial charge in [0.15, 0.2) is 0 Å². The van der Waals surface area contributed by atoms with Crippen LogP contribution in [0, 0.1) is 0 Å². The highest BCUT2D eigenvalue weighted by Gasteiger charge is 2.23. The fourth-order valence-corrected chi connectivity index (χ4v) is 1.62. The molecule has 0 spiro atoms. The maximum Gasteiger partial charge on any atom is 0.253 e. The summed E-state index contributed by atoms with van der Waals surface area (Å²) in [6, 6.07) is 6.97. The van der Waals surface area contributed by atoms with Crippen LogP contribution in [0.5, 0.6) is 5.75 Å². The monoisotopic (exact) mass is 265 g/mol. The quantitative estimate of drug-likeness (QED) is 0.858. The summed E-state index contributed by atoms with van der Waals surface area (Å²) >= 11 is 0. The van der Waals surface area contributed by atoms with Crippen LogP contribution in [0.4, 0.5) is 0 Å². The number of amides is 1. The van der Waals surface area contributed by atoms with Crippen molar-refractivity contribution in [3.63, 3.8) is 0 Å². The molecule has 0 aliphatic carbocycles.